The molecule has 0 saturated carbocycles. The van der Waals surface area contributed by atoms with Crippen LogP contribution in [0, 0.1) is 11.2 Å². The summed E-state index contributed by atoms with van der Waals surface area (Å²) in [5, 5.41) is 2.93. The summed E-state index contributed by atoms with van der Waals surface area (Å²) in [5.41, 5.74) is 21.6. The second-order valence-corrected chi connectivity index (χ2v) is 25.9. The third-order valence-electron chi connectivity index (χ3n) is 13.8. The van der Waals surface area contributed by atoms with Gasteiger partial charge in [-0.05, 0) is 136 Å². The van der Waals surface area contributed by atoms with Crippen LogP contribution in [0.3, 0.4) is 0 Å². The van der Waals surface area contributed by atoms with E-state index in [4.69, 9.17) is 9.97 Å². The maximum atomic E-state index is 5.73. The van der Waals surface area contributed by atoms with Crippen LogP contribution in [0.15, 0.2) is 78.9 Å². The Morgan fingerprint density at radius 2 is 0.594 bits per heavy atom. The van der Waals surface area contributed by atoms with E-state index >= 15 is 0 Å². The SMILES string of the molecule is CC(C)(C)c1cc(-c2c3nc(c(-c4cc(C(C)(C)C)cc(C(C)(C)C)c4)c4ccc([nH]4)c(-c4cc(C(C)(C)C)cc(C(C)(C)C)c4)c4nc(c(C#CS)c5ccc2[nH]5)C=C4)C=C3)cc(C(C)(C)C)c1. The van der Waals surface area contributed by atoms with E-state index in [0.717, 1.165) is 83.8 Å². The average molecular weight is 931 g/mol. The second-order valence-electron chi connectivity index (χ2n) is 25.6. The van der Waals surface area contributed by atoms with Crippen molar-refractivity contribution in [1.29, 1.82) is 0 Å². The average Bonchev–Trinajstić information content (AvgIpc) is 4.08. The third-order valence-corrected chi connectivity index (χ3v) is 13.9. The Bertz CT molecular complexity index is 3160. The molecule has 0 unspecified atom stereocenters. The summed E-state index contributed by atoms with van der Waals surface area (Å²) in [7, 11) is 0. The third kappa shape index (κ3) is 10.1. The highest BCUT2D eigenvalue weighted by Crippen LogP contribution is 2.43. The molecular weight excluding hydrogens is 857 g/mol. The predicted molar refractivity (Wildman–Crippen MR) is 303 cm³/mol. The number of hydrogen-bond donors (Lipinski definition) is 3. The van der Waals surface area contributed by atoms with Gasteiger partial charge in [-0.15, -0.1) is 0 Å². The van der Waals surface area contributed by atoms with Gasteiger partial charge in [0.2, 0.25) is 0 Å². The van der Waals surface area contributed by atoms with Crippen LogP contribution in [0.2, 0.25) is 0 Å². The van der Waals surface area contributed by atoms with Crippen molar-refractivity contribution in [2.75, 3.05) is 0 Å². The first-order valence-electron chi connectivity index (χ1n) is 24.7. The summed E-state index contributed by atoms with van der Waals surface area (Å²) < 4.78 is 0. The van der Waals surface area contributed by atoms with Gasteiger partial charge in [0.1, 0.15) is 0 Å². The van der Waals surface area contributed by atoms with Crippen molar-refractivity contribution in [3.8, 4) is 44.6 Å². The van der Waals surface area contributed by atoms with Crippen LogP contribution < -0.4 is 0 Å². The summed E-state index contributed by atoms with van der Waals surface area (Å²) in [6.07, 6.45) is 8.67. The van der Waals surface area contributed by atoms with Crippen molar-refractivity contribution >= 4 is 59.0 Å². The molecule has 5 heteroatoms. The van der Waals surface area contributed by atoms with E-state index < -0.39 is 0 Å². The van der Waals surface area contributed by atoms with Gasteiger partial charge in [-0.3, -0.25) is 0 Å². The first-order valence-corrected chi connectivity index (χ1v) is 25.2. The summed E-state index contributed by atoms with van der Waals surface area (Å²) in [6.45, 7) is 41.4. The van der Waals surface area contributed by atoms with E-state index in [1.54, 1.807) is 0 Å². The fourth-order valence-corrected chi connectivity index (χ4v) is 9.33. The molecule has 0 atom stereocenters. The second kappa shape index (κ2) is 17.2. The Kier molecular flexibility index (Phi) is 12.4. The van der Waals surface area contributed by atoms with Crippen LogP contribution in [0.25, 0.3) is 79.8 Å². The molecule has 0 aliphatic carbocycles. The number of rotatable bonds is 3. The monoisotopic (exact) mass is 931 g/mol. The van der Waals surface area contributed by atoms with Gasteiger partial charge in [0.05, 0.1) is 33.9 Å². The van der Waals surface area contributed by atoms with E-state index in [2.05, 4.69) is 262 Å². The molecule has 2 N–H and O–H groups in total. The highest BCUT2D eigenvalue weighted by molar-refractivity contribution is 7.85. The molecule has 8 rings (SSSR count). The van der Waals surface area contributed by atoms with E-state index in [0.29, 0.717) is 0 Å². The molecule has 2 aliphatic rings. The van der Waals surface area contributed by atoms with Crippen molar-refractivity contribution < 1.29 is 0 Å². The van der Waals surface area contributed by atoms with Crippen molar-refractivity contribution in [2.24, 2.45) is 0 Å². The maximum Gasteiger partial charge on any atom is 0.0815 e. The number of nitrogens with one attached hydrogen (secondary N) is 2. The molecule has 5 heterocycles. The largest absolute Gasteiger partial charge is 0.354 e. The molecule has 0 radical (unpaired) electrons. The Morgan fingerprint density at radius 1 is 0.348 bits per heavy atom. The van der Waals surface area contributed by atoms with Gasteiger partial charge in [0.15, 0.2) is 0 Å². The van der Waals surface area contributed by atoms with Gasteiger partial charge in [0, 0.05) is 33.2 Å². The van der Waals surface area contributed by atoms with E-state index in [1.807, 2.05) is 0 Å². The van der Waals surface area contributed by atoms with Crippen LogP contribution in [-0.2, 0) is 32.5 Å². The molecular formula is C64H74N4S. The highest BCUT2D eigenvalue weighted by atomic mass is 32.1. The molecule has 2 aliphatic heterocycles. The number of thiol groups is 1. The van der Waals surface area contributed by atoms with Crippen molar-refractivity contribution in [2.45, 2.75) is 157 Å². The lowest BCUT2D eigenvalue weighted by molar-refractivity contribution is 0.568. The zero-order chi connectivity index (χ0) is 50.4. The normalized spacial score (nSPS) is 13.5. The van der Waals surface area contributed by atoms with Crippen molar-refractivity contribution in [3.05, 3.63) is 141 Å². The number of fused-ring (bicyclic) bond motifs is 8. The maximum absolute atomic E-state index is 5.73. The van der Waals surface area contributed by atoms with Crippen LogP contribution in [-0.4, -0.2) is 19.9 Å². The molecule has 4 nitrogen and oxygen atoms in total. The van der Waals surface area contributed by atoms with Gasteiger partial charge >= 0.3 is 0 Å². The first kappa shape index (κ1) is 49.6. The fourth-order valence-electron chi connectivity index (χ4n) is 9.22. The summed E-state index contributed by atoms with van der Waals surface area (Å²) in [5.74, 6) is 3.35. The number of aromatic nitrogens is 4. The minimum Gasteiger partial charge on any atom is -0.354 e. The van der Waals surface area contributed by atoms with Gasteiger partial charge in [-0.25, -0.2) is 9.97 Å². The number of hydrogen-bond acceptors (Lipinski definition) is 3. The molecule has 6 aromatic rings. The molecule has 69 heavy (non-hydrogen) atoms. The zero-order valence-electron chi connectivity index (χ0n) is 44.7. The number of benzene rings is 3. The fraction of sp³-hybridized carbons (Fsp3) is 0.375. The van der Waals surface area contributed by atoms with E-state index in [9.17, 15) is 0 Å². The number of nitrogens with zero attached hydrogens (tertiary/aromatic N) is 2. The topological polar surface area (TPSA) is 57.4 Å². The van der Waals surface area contributed by atoms with Crippen LogP contribution in [0.4, 0.5) is 0 Å². The van der Waals surface area contributed by atoms with Gasteiger partial charge in [-0.1, -0.05) is 198 Å². The van der Waals surface area contributed by atoms with Crippen LogP contribution in [0.1, 0.15) is 186 Å². The van der Waals surface area contributed by atoms with E-state index in [-0.39, 0.29) is 32.5 Å². The lowest BCUT2D eigenvalue weighted by Crippen LogP contribution is -2.16. The molecule has 0 saturated heterocycles. The Balaban J connectivity index is 1.62. The van der Waals surface area contributed by atoms with E-state index in [1.165, 1.54) is 33.4 Å². The standard InChI is InChI=1S/C64H74N4S/c1-59(2,3)41-29-38(30-42(35-41)60(4,5)6)56-50-21-19-48(65-50)47(27-28-69)49-20-22-51(66-49)57(39-31-43(61(7,8)9)36-44(32-39)62(10,11)12)53-24-26-55(68-53)58(54-25-23-52(56)67-54)40-33-45(63(13,14)15)37-46(34-40)64(16,17)18/h19-26,29-37,65,68-69H,1-18H3. The lowest BCUT2D eigenvalue weighted by atomic mass is 9.78. The molecule has 356 valence electrons. The predicted octanol–water partition coefficient (Wildman–Crippen LogP) is 17.7. The first-order chi connectivity index (χ1) is 31.9. The summed E-state index contributed by atoms with van der Waals surface area (Å²) >= 11 is 4.47. The van der Waals surface area contributed by atoms with Crippen molar-refractivity contribution in [3.63, 3.8) is 0 Å². The molecule has 0 fully saturated rings. The number of H-pyrrole nitrogens is 2. The molecule has 0 spiro atoms. The summed E-state index contributed by atoms with van der Waals surface area (Å²) in [6, 6.07) is 30.2. The zero-order valence-corrected chi connectivity index (χ0v) is 45.6. The minimum atomic E-state index is -0.0896. The lowest BCUT2D eigenvalue weighted by Gasteiger charge is -2.26. The highest BCUT2D eigenvalue weighted by Gasteiger charge is 2.27. The van der Waals surface area contributed by atoms with Gasteiger partial charge < -0.3 is 9.97 Å². The summed E-state index contributed by atoms with van der Waals surface area (Å²) in [4.78, 5) is 19.1. The van der Waals surface area contributed by atoms with Crippen molar-refractivity contribution in [1.82, 2.24) is 19.9 Å². The molecule has 3 aromatic carbocycles. The molecule has 0 amide bonds. The quantitative estimate of drug-likeness (QED) is 0.122. The Hall–Kier alpha value is -5.83. The molecule has 8 bridgehead atoms. The molecule has 3 aromatic heterocycles. The smallest absolute Gasteiger partial charge is 0.0815 e. The van der Waals surface area contributed by atoms with Gasteiger partial charge in [-0.2, -0.15) is 0 Å². The number of aromatic amines is 2. The van der Waals surface area contributed by atoms with Crippen LogP contribution >= 0.6 is 12.6 Å². The van der Waals surface area contributed by atoms with Crippen LogP contribution in [0.5, 0.6) is 0 Å². The Labute approximate surface area is 419 Å². The minimum absolute atomic E-state index is 0.0853. The van der Waals surface area contributed by atoms with Gasteiger partial charge in [0.25, 0.3) is 0 Å². The Morgan fingerprint density at radius 3 is 0.870 bits per heavy atom.